The lowest BCUT2D eigenvalue weighted by molar-refractivity contribution is -0.137. The number of aryl methyl sites for hydroxylation is 2. The van der Waals surface area contributed by atoms with Gasteiger partial charge in [0, 0.05) is 24.7 Å². The van der Waals surface area contributed by atoms with Crippen LogP contribution in [-0.2, 0) is 18.3 Å². The minimum absolute atomic E-state index is 0.0256. The molecule has 1 aliphatic heterocycles. The molecule has 2 atom stereocenters. The first kappa shape index (κ1) is 26.2. The molecule has 0 amide bonds. The third-order valence-corrected chi connectivity index (χ3v) is 7.32. The normalized spacial score (nSPS) is 16.8. The minimum Gasteiger partial charge on any atom is -0.497 e. The van der Waals surface area contributed by atoms with Crippen LogP contribution in [0.25, 0.3) is 11.1 Å². The van der Waals surface area contributed by atoms with E-state index in [1.54, 1.807) is 23.9 Å². The number of carboxylic acids is 1. The molecule has 5 rings (SSSR count). The maximum Gasteiger partial charge on any atom is 0.305 e. The van der Waals surface area contributed by atoms with Gasteiger partial charge in [0.2, 0.25) is 0 Å². The Kier molecular flexibility index (Phi) is 7.19. The lowest BCUT2D eigenvalue weighted by Crippen LogP contribution is -2.34. The van der Waals surface area contributed by atoms with Gasteiger partial charge in [-0.05, 0) is 72.0 Å². The lowest BCUT2D eigenvalue weighted by Gasteiger charge is -2.25. The predicted octanol–water partition coefficient (Wildman–Crippen LogP) is 5.84. The quantitative estimate of drug-likeness (QED) is 0.312. The highest BCUT2D eigenvalue weighted by Gasteiger charge is 2.38. The zero-order chi connectivity index (χ0) is 27.7. The Morgan fingerprint density at radius 2 is 1.85 bits per heavy atom. The monoisotopic (exact) mass is 526 g/mol. The van der Waals surface area contributed by atoms with Crippen LogP contribution in [0.2, 0.25) is 0 Å². The van der Waals surface area contributed by atoms with Crippen LogP contribution in [0.4, 0.5) is 10.1 Å². The molecule has 0 saturated carbocycles. The van der Waals surface area contributed by atoms with Gasteiger partial charge in [0.1, 0.15) is 17.3 Å². The fraction of sp³-hybridized carbons (Fsp3) is 0.258. The number of rotatable bonds is 8. The van der Waals surface area contributed by atoms with Gasteiger partial charge in [-0.25, -0.2) is 4.39 Å². The van der Waals surface area contributed by atoms with Crippen molar-refractivity contribution in [3.05, 3.63) is 101 Å². The Hall–Kier alpha value is -4.46. The van der Waals surface area contributed by atoms with Gasteiger partial charge >= 0.3 is 5.97 Å². The smallest absolute Gasteiger partial charge is 0.305 e. The van der Waals surface area contributed by atoms with Crippen molar-refractivity contribution in [3.63, 3.8) is 0 Å². The average Bonchev–Trinajstić information content (AvgIpc) is 3.48. The van der Waals surface area contributed by atoms with Crippen LogP contribution in [0.1, 0.15) is 35.7 Å². The summed E-state index contributed by atoms with van der Waals surface area (Å²) in [5, 5.41) is 20.7. The maximum absolute atomic E-state index is 14.5. The first-order valence-corrected chi connectivity index (χ1v) is 12.9. The lowest BCUT2D eigenvalue weighted by atomic mass is 9.93. The van der Waals surface area contributed by atoms with E-state index < -0.39 is 5.97 Å². The van der Waals surface area contributed by atoms with Crippen molar-refractivity contribution in [2.75, 3.05) is 12.1 Å². The van der Waals surface area contributed by atoms with Gasteiger partial charge in [0.15, 0.2) is 0 Å². The summed E-state index contributed by atoms with van der Waals surface area (Å²) in [6.07, 6.45) is 2.54. The van der Waals surface area contributed by atoms with Gasteiger partial charge in [-0.15, -0.1) is 0 Å². The molecule has 1 aliphatic rings. The molecule has 8 heteroatoms. The molecule has 7 nitrogen and oxygen atoms in total. The molecule has 1 N–H and O–H groups in total. The second-order valence-electron chi connectivity index (χ2n) is 9.99. The van der Waals surface area contributed by atoms with Gasteiger partial charge in [-0.3, -0.25) is 14.5 Å². The Morgan fingerprint density at radius 1 is 1.08 bits per heavy atom. The van der Waals surface area contributed by atoms with Crippen molar-refractivity contribution < 1.29 is 19.0 Å². The van der Waals surface area contributed by atoms with E-state index in [1.807, 2.05) is 80.6 Å². The van der Waals surface area contributed by atoms with E-state index in [-0.39, 0.29) is 24.2 Å². The number of ether oxygens (including phenoxy) is 1. The van der Waals surface area contributed by atoms with Crippen LogP contribution in [0.15, 0.2) is 78.0 Å². The number of nitrogens with zero attached hydrogens (tertiary/aromatic N) is 4. The number of aromatic nitrogens is 2. The minimum atomic E-state index is -0.862. The standard InChI is InChI=1S/C31H31FN4O3/c1-19-15-23(26-17-25(39-4)11-12-27(26)32)8-7-22(19)16-21-5-9-24(10-6-21)36-29(18-30(37)38)20(2)31(34-36)28-13-14-35(3)33-28/h5-15,17,20,29H,16,18H2,1-4H3,(H,37,38). The first-order valence-electron chi connectivity index (χ1n) is 12.9. The zero-order valence-corrected chi connectivity index (χ0v) is 22.4. The number of hydrazone groups is 1. The fourth-order valence-corrected chi connectivity index (χ4v) is 5.10. The largest absolute Gasteiger partial charge is 0.497 e. The summed E-state index contributed by atoms with van der Waals surface area (Å²) in [5.74, 6) is -0.627. The molecule has 0 saturated heterocycles. The molecular formula is C31H31FN4O3. The summed E-state index contributed by atoms with van der Waals surface area (Å²) in [7, 11) is 3.42. The number of aliphatic carboxylic acids is 1. The van der Waals surface area contributed by atoms with E-state index in [2.05, 4.69) is 5.10 Å². The van der Waals surface area contributed by atoms with Crippen LogP contribution in [0.5, 0.6) is 5.75 Å². The number of carbonyl (C=O) groups is 1. The summed E-state index contributed by atoms with van der Waals surface area (Å²) in [6, 6.07) is 20.4. The van der Waals surface area contributed by atoms with Crippen LogP contribution in [0.3, 0.4) is 0 Å². The number of benzene rings is 3. The SMILES string of the molecule is COc1ccc(F)c(-c2ccc(Cc3ccc(N4N=C(c5ccn(C)n5)C(C)C4CC(=O)O)cc3)c(C)c2)c1. The van der Waals surface area contributed by atoms with Crippen LogP contribution in [-0.4, -0.2) is 39.7 Å². The number of hydrogen-bond acceptors (Lipinski definition) is 5. The highest BCUT2D eigenvalue weighted by molar-refractivity contribution is 6.03. The Bertz CT molecular complexity index is 1540. The molecule has 0 spiro atoms. The molecule has 0 bridgehead atoms. The Labute approximate surface area is 227 Å². The molecule has 2 unspecified atom stereocenters. The fourth-order valence-electron chi connectivity index (χ4n) is 5.10. The molecule has 3 aromatic carbocycles. The van der Waals surface area contributed by atoms with Crippen molar-refractivity contribution in [1.29, 1.82) is 0 Å². The van der Waals surface area contributed by atoms with Crippen LogP contribution >= 0.6 is 0 Å². The van der Waals surface area contributed by atoms with E-state index in [0.29, 0.717) is 17.7 Å². The summed E-state index contributed by atoms with van der Waals surface area (Å²) < 4.78 is 21.5. The zero-order valence-electron chi connectivity index (χ0n) is 22.4. The molecule has 0 radical (unpaired) electrons. The topological polar surface area (TPSA) is 80.0 Å². The van der Waals surface area contributed by atoms with Gasteiger partial charge in [-0.2, -0.15) is 10.2 Å². The third-order valence-electron chi connectivity index (χ3n) is 7.32. The van der Waals surface area contributed by atoms with E-state index in [0.717, 1.165) is 39.3 Å². The van der Waals surface area contributed by atoms with Gasteiger partial charge in [0.25, 0.3) is 0 Å². The average molecular weight is 527 g/mol. The number of hydrogen-bond donors (Lipinski definition) is 1. The Balaban J connectivity index is 1.37. The molecule has 4 aromatic rings. The molecule has 0 fully saturated rings. The van der Waals surface area contributed by atoms with Gasteiger partial charge in [0.05, 0.1) is 31.0 Å². The van der Waals surface area contributed by atoms with Crippen LogP contribution in [0, 0.1) is 18.7 Å². The van der Waals surface area contributed by atoms with Crippen LogP contribution < -0.4 is 9.75 Å². The van der Waals surface area contributed by atoms with E-state index >= 15 is 0 Å². The molecular weight excluding hydrogens is 495 g/mol. The van der Waals surface area contributed by atoms with Gasteiger partial charge < -0.3 is 9.84 Å². The molecule has 200 valence electrons. The van der Waals surface area contributed by atoms with Crippen molar-refractivity contribution >= 4 is 17.4 Å². The summed E-state index contributed by atoms with van der Waals surface area (Å²) in [5.41, 5.74) is 7.01. The van der Waals surface area contributed by atoms with Crippen molar-refractivity contribution in [2.45, 2.75) is 32.7 Å². The first-order chi connectivity index (χ1) is 18.7. The van der Waals surface area contributed by atoms with E-state index in [9.17, 15) is 14.3 Å². The molecule has 1 aromatic heterocycles. The van der Waals surface area contributed by atoms with Crippen molar-refractivity contribution in [1.82, 2.24) is 9.78 Å². The predicted molar refractivity (Wildman–Crippen MR) is 150 cm³/mol. The molecule has 0 aliphatic carbocycles. The Morgan fingerprint density at radius 3 is 2.49 bits per heavy atom. The second kappa shape index (κ2) is 10.7. The summed E-state index contributed by atoms with van der Waals surface area (Å²) in [4.78, 5) is 11.7. The second-order valence-corrected chi connectivity index (χ2v) is 9.99. The third kappa shape index (κ3) is 5.41. The van der Waals surface area contributed by atoms with Crippen molar-refractivity contribution in [3.8, 4) is 16.9 Å². The highest BCUT2D eigenvalue weighted by atomic mass is 19.1. The maximum atomic E-state index is 14.5. The van der Waals surface area contributed by atoms with Gasteiger partial charge in [-0.1, -0.05) is 37.3 Å². The van der Waals surface area contributed by atoms with Crippen molar-refractivity contribution in [2.24, 2.45) is 18.1 Å². The summed E-state index contributed by atoms with van der Waals surface area (Å²) >= 11 is 0. The number of methoxy groups -OCH3 is 1. The highest BCUT2D eigenvalue weighted by Crippen LogP contribution is 2.33. The van der Waals surface area contributed by atoms with E-state index in [1.165, 1.54) is 6.07 Å². The molecule has 39 heavy (non-hydrogen) atoms. The van der Waals surface area contributed by atoms with E-state index in [4.69, 9.17) is 9.84 Å². The number of carboxylic acid groups (broad SMARTS) is 1. The molecule has 2 heterocycles. The number of anilines is 1. The summed E-state index contributed by atoms with van der Waals surface area (Å²) in [6.45, 7) is 4.03. The number of halogens is 1.